The highest BCUT2D eigenvalue weighted by Crippen LogP contribution is 2.15. The third kappa shape index (κ3) is 16.9. The molecule has 0 fully saturated rings. The fraction of sp³-hybridized carbons (Fsp3) is 0.958. The number of esters is 1. The first-order valence-corrected chi connectivity index (χ1v) is 11.8. The first kappa shape index (κ1) is 25.5. The Morgan fingerprint density at radius 2 is 1.19 bits per heavy atom. The van der Waals surface area contributed by atoms with Crippen LogP contribution in [0.2, 0.25) is 0 Å². The van der Waals surface area contributed by atoms with E-state index >= 15 is 0 Å². The van der Waals surface area contributed by atoms with E-state index in [2.05, 4.69) is 20.8 Å². The summed E-state index contributed by atoms with van der Waals surface area (Å²) in [6.45, 7) is 9.44. The van der Waals surface area contributed by atoms with Gasteiger partial charge in [0.25, 0.3) is 0 Å². The summed E-state index contributed by atoms with van der Waals surface area (Å²) >= 11 is 0. The zero-order valence-electron chi connectivity index (χ0n) is 18.5. The lowest BCUT2D eigenvalue weighted by Crippen LogP contribution is -2.15. The molecule has 2 unspecified atom stereocenters. The van der Waals surface area contributed by atoms with Crippen LogP contribution in [-0.2, 0) is 9.53 Å². The van der Waals surface area contributed by atoms with Gasteiger partial charge in [0.1, 0.15) is 0 Å². The number of rotatable bonds is 19. The largest absolute Gasteiger partial charge is 0.465 e. The second kappa shape index (κ2) is 19.2. The van der Waals surface area contributed by atoms with Gasteiger partial charge in [0, 0.05) is 0 Å². The summed E-state index contributed by atoms with van der Waals surface area (Å²) in [4.78, 5) is 11.8. The van der Waals surface area contributed by atoms with Gasteiger partial charge in [-0.2, -0.15) is 0 Å². The quantitative estimate of drug-likeness (QED) is 0.170. The van der Waals surface area contributed by atoms with Gasteiger partial charge in [-0.15, -0.1) is 0 Å². The van der Waals surface area contributed by atoms with E-state index in [1.807, 2.05) is 6.92 Å². The third-order valence-corrected chi connectivity index (χ3v) is 5.68. The fourth-order valence-electron chi connectivity index (χ4n) is 3.33. The average molecular weight is 369 g/mol. The highest BCUT2D eigenvalue weighted by Gasteiger charge is 2.13. The van der Waals surface area contributed by atoms with Crippen LogP contribution in [0.1, 0.15) is 130 Å². The minimum atomic E-state index is 0.00241. The molecule has 0 saturated heterocycles. The van der Waals surface area contributed by atoms with Crippen LogP contribution in [0.25, 0.3) is 0 Å². The fourth-order valence-corrected chi connectivity index (χ4v) is 3.33. The molecule has 0 aromatic carbocycles. The number of carbonyl (C=O) groups excluding carboxylic acids is 1. The highest BCUT2D eigenvalue weighted by molar-refractivity contribution is 5.71. The molecule has 2 heteroatoms. The standard InChI is InChI=1S/C24H48O2/c1-5-7-20-23(4)24(25)26-21-18-16-14-12-10-8-9-11-13-15-17-19-22(3)6-2/h22-23H,5-21H2,1-4H3. The topological polar surface area (TPSA) is 26.3 Å². The minimum absolute atomic E-state index is 0.00241. The molecule has 0 heterocycles. The molecule has 0 aromatic heterocycles. The molecular formula is C24H48O2. The Bertz CT molecular complexity index is 301. The third-order valence-electron chi connectivity index (χ3n) is 5.68. The van der Waals surface area contributed by atoms with Gasteiger partial charge in [-0.25, -0.2) is 0 Å². The van der Waals surface area contributed by atoms with Crippen molar-refractivity contribution in [2.24, 2.45) is 11.8 Å². The Morgan fingerprint density at radius 3 is 1.69 bits per heavy atom. The van der Waals surface area contributed by atoms with E-state index in [4.69, 9.17) is 4.74 Å². The lowest BCUT2D eigenvalue weighted by Gasteiger charge is -2.10. The molecule has 0 rings (SSSR count). The van der Waals surface area contributed by atoms with Crippen LogP contribution in [0.4, 0.5) is 0 Å². The Hall–Kier alpha value is -0.530. The highest BCUT2D eigenvalue weighted by atomic mass is 16.5. The zero-order chi connectivity index (χ0) is 19.5. The normalized spacial score (nSPS) is 13.5. The molecule has 0 radical (unpaired) electrons. The summed E-state index contributed by atoms with van der Waals surface area (Å²) in [7, 11) is 0. The van der Waals surface area contributed by atoms with Gasteiger partial charge in [-0.3, -0.25) is 4.79 Å². The number of carbonyl (C=O) groups is 1. The monoisotopic (exact) mass is 368 g/mol. The van der Waals surface area contributed by atoms with Crippen LogP contribution in [0.5, 0.6) is 0 Å². The lowest BCUT2D eigenvalue weighted by molar-refractivity contribution is -0.148. The maximum absolute atomic E-state index is 11.8. The number of hydrogen-bond acceptors (Lipinski definition) is 2. The van der Waals surface area contributed by atoms with E-state index < -0.39 is 0 Å². The van der Waals surface area contributed by atoms with Gasteiger partial charge in [-0.05, 0) is 18.8 Å². The number of unbranched alkanes of at least 4 members (excludes halogenated alkanes) is 11. The van der Waals surface area contributed by atoms with Crippen LogP contribution in [0.15, 0.2) is 0 Å². The first-order valence-electron chi connectivity index (χ1n) is 11.8. The molecule has 0 aliphatic heterocycles. The van der Waals surface area contributed by atoms with Crippen LogP contribution in [-0.4, -0.2) is 12.6 Å². The van der Waals surface area contributed by atoms with Crippen LogP contribution in [0, 0.1) is 11.8 Å². The molecule has 0 aliphatic carbocycles. The molecule has 0 saturated carbocycles. The summed E-state index contributed by atoms with van der Waals surface area (Å²) in [5.41, 5.74) is 0. The molecule has 0 amide bonds. The van der Waals surface area contributed by atoms with Crippen molar-refractivity contribution in [1.82, 2.24) is 0 Å². The minimum Gasteiger partial charge on any atom is -0.465 e. The molecule has 0 N–H and O–H groups in total. The maximum atomic E-state index is 11.8. The Labute approximate surface area is 164 Å². The van der Waals surface area contributed by atoms with Crippen molar-refractivity contribution in [3.63, 3.8) is 0 Å². The van der Waals surface area contributed by atoms with Crippen LogP contribution < -0.4 is 0 Å². The number of ether oxygens (including phenoxy) is 1. The molecule has 2 atom stereocenters. The van der Waals surface area contributed by atoms with E-state index in [0.717, 1.165) is 31.6 Å². The summed E-state index contributed by atoms with van der Waals surface area (Å²) in [5, 5.41) is 0. The zero-order valence-corrected chi connectivity index (χ0v) is 18.5. The van der Waals surface area contributed by atoms with E-state index in [9.17, 15) is 4.79 Å². The molecule has 0 aromatic rings. The van der Waals surface area contributed by atoms with Gasteiger partial charge in [0.15, 0.2) is 0 Å². The maximum Gasteiger partial charge on any atom is 0.308 e. The SMILES string of the molecule is CCCCC(C)C(=O)OCCCCCCCCCCCCCC(C)CC. The van der Waals surface area contributed by atoms with E-state index in [1.54, 1.807) is 0 Å². The van der Waals surface area contributed by atoms with Crippen LogP contribution in [0.3, 0.4) is 0 Å². The van der Waals surface area contributed by atoms with E-state index in [1.165, 1.54) is 77.0 Å². The van der Waals surface area contributed by atoms with Crippen molar-refractivity contribution in [3.05, 3.63) is 0 Å². The predicted octanol–water partition coefficient (Wildman–Crippen LogP) is 8.08. The second-order valence-electron chi connectivity index (χ2n) is 8.40. The van der Waals surface area contributed by atoms with Crippen molar-refractivity contribution < 1.29 is 9.53 Å². The van der Waals surface area contributed by atoms with Crippen molar-refractivity contribution in [2.45, 2.75) is 130 Å². The summed E-state index contributed by atoms with van der Waals surface area (Å²) < 4.78 is 5.38. The van der Waals surface area contributed by atoms with Crippen molar-refractivity contribution in [3.8, 4) is 0 Å². The van der Waals surface area contributed by atoms with Gasteiger partial charge in [0.2, 0.25) is 0 Å². The predicted molar refractivity (Wildman–Crippen MR) is 115 cm³/mol. The van der Waals surface area contributed by atoms with E-state index in [0.29, 0.717) is 6.61 Å². The second-order valence-corrected chi connectivity index (χ2v) is 8.40. The van der Waals surface area contributed by atoms with Gasteiger partial charge >= 0.3 is 5.97 Å². The smallest absolute Gasteiger partial charge is 0.308 e. The van der Waals surface area contributed by atoms with Gasteiger partial charge in [-0.1, -0.05) is 118 Å². The summed E-state index contributed by atoms with van der Waals surface area (Å²) in [6, 6.07) is 0. The average Bonchev–Trinajstić information content (AvgIpc) is 2.65. The van der Waals surface area contributed by atoms with Crippen LogP contribution >= 0.6 is 0 Å². The first-order chi connectivity index (χ1) is 12.6. The van der Waals surface area contributed by atoms with Gasteiger partial charge < -0.3 is 4.74 Å². The molecule has 0 bridgehead atoms. The number of hydrogen-bond donors (Lipinski definition) is 0. The molecular weight excluding hydrogens is 320 g/mol. The molecule has 2 nitrogen and oxygen atoms in total. The molecule has 0 aliphatic rings. The Kier molecular flexibility index (Phi) is 18.8. The Morgan fingerprint density at radius 1 is 0.692 bits per heavy atom. The van der Waals surface area contributed by atoms with Crippen molar-refractivity contribution >= 4 is 5.97 Å². The lowest BCUT2D eigenvalue weighted by atomic mass is 9.99. The summed E-state index contributed by atoms with van der Waals surface area (Å²) in [5.74, 6) is 0.996. The van der Waals surface area contributed by atoms with Gasteiger partial charge in [0.05, 0.1) is 12.5 Å². The Balaban J connectivity index is 3.21. The van der Waals surface area contributed by atoms with Crippen molar-refractivity contribution in [1.29, 1.82) is 0 Å². The van der Waals surface area contributed by atoms with Crippen molar-refractivity contribution in [2.75, 3.05) is 6.61 Å². The molecule has 26 heavy (non-hydrogen) atoms. The molecule has 156 valence electrons. The molecule has 0 spiro atoms. The van der Waals surface area contributed by atoms with E-state index in [-0.39, 0.29) is 11.9 Å². The summed E-state index contributed by atoms with van der Waals surface area (Å²) in [6.07, 6.45) is 20.7.